The monoisotopic (exact) mass is 372 g/mol. The van der Waals surface area contributed by atoms with Crippen molar-refractivity contribution < 1.29 is 9.53 Å². The lowest BCUT2D eigenvalue weighted by Gasteiger charge is -2.28. The molecule has 6 heteroatoms. The molecule has 0 heterocycles. The van der Waals surface area contributed by atoms with Crippen LogP contribution >= 0.6 is 0 Å². The summed E-state index contributed by atoms with van der Waals surface area (Å²) in [5.74, 6) is 0.727. The van der Waals surface area contributed by atoms with E-state index in [0.29, 0.717) is 13.1 Å². The average molecular weight is 373 g/mol. The van der Waals surface area contributed by atoms with Gasteiger partial charge in [0.2, 0.25) is 0 Å². The molecule has 1 aliphatic carbocycles. The van der Waals surface area contributed by atoms with Crippen molar-refractivity contribution in [2.24, 2.45) is 4.99 Å². The smallest absolute Gasteiger partial charge is 0.415 e. The SMILES string of the molecule is C=CCNC(=NC)NCc1ccc(N(C(=O)OC(C)(C)C)C2CC2)c(C)c1. The van der Waals surface area contributed by atoms with Crippen LogP contribution in [-0.4, -0.2) is 37.3 Å². The number of carbonyl (C=O) groups excluding carboxylic acids is 1. The normalized spacial score (nSPS) is 14.5. The van der Waals surface area contributed by atoms with E-state index in [1.165, 1.54) is 0 Å². The van der Waals surface area contributed by atoms with Crippen LogP contribution in [-0.2, 0) is 11.3 Å². The lowest BCUT2D eigenvalue weighted by molar-refractivity contribution is 0.0577. The Morgan fingerprint density at radius 3 is 2.59 bits per heavy atom. The van der Waals surface area contributed by atoms with E-state index >= 15 is 0 Å². The second kappa shape index (κ2) is 8.93. The van der Waals surface area contributed by atoms with Gasteiger partial charge in [-0.05, 0) is 57.7 Å². The summed E-state index contributed by atoms with van der Waals surface area (Å²) in [4.78, 5) is 18.7. The van der Waals surface area contributed by atoms with Gasteiger partial charge in [-0.15, -0.1) is 6.58 Å². The molecule has 27 heavy (non-hydrogen) atoms. The molecule has 0 unspecified atom stereocenters. The fraction of sp³-hybridized carbons (Fsp3) is 0.524. The van der Waals surface area contributed by atoms with Crippen LogP contribution in [0.1, 0.15) is 44.7 Å². The number of anilines is 1. The van der Waals surface area contributed by atoms with Gasteiger partial charge in [0.15, 0.2) is 5.96 Å². The molecule has 0 radical (unpaired) electrons. The van der Waals surface area contributed by atoms with Crippen molar-refractivity contribution in [2.45, 2.75) is 58.7 Å². The minimum atomic E-state index is -0.504. The highest BCUT2D eigenvalue weighted by molar-refractivity contribution is 5.90. The maximum atomic E-state index is 12.7. The fourth-order valence-corrected chi connectivity index (χ4v) is 2.76. The summed E-state index contributed by atoms with van der Waals surface area (Å²) in [6.45, 7) is 12.7. The number of benzene rings is 1. The van der Waals surface area contributed by atoms with Crippen molar-refractivity contribution in [3.05, 3.63) is 42.0 Å². The van der Waals surface area contributed by atoms with Gasteiger partial charge in [0, 0.05) is 26.2 Å². The van der Waals surface area contributed by atoms with Crippen LogP contribution in [0.5, 0.6) is 0 Å². The summed E-state index contributed by atoms with van der Waals surface area (Å²) in [6.07, 6.45) is 3.56. The van der Waals surface area contributed by atoms with Gasteiger partial charge >= 0.3 is 6.09 Å². The number of hydrogen-bond acceptors (Lipinski definition) is 3. The zero-order chi connectivity index (χ0) is 20.0. The molecule has 1 aliphatic rings. The van der Waals surface area contributed by atoms with Gasteiger partial charge in [0.05, 0.1) is 5.69 Å². The molecule has 0 saturated heterocycles. The number of aryl methyl sites for hydroxylation is 1. The highest BCUT2D eigenvalue weighted by Crippen LogP contribution is 2.35. The second-order valence-electron chi connectivity index (χ2n) is 7.80. The minimum absolute atomic E-state index is 0.240. The lowest BCUT2D eigenvalue weighted by Crippen LogP contribution is -2.39. The molecule has 6 nitrogen and oxygen atoms in total. The van der Waals surface area contributed by atoms with Crippen LogP contribution in [0.25, 0.3) is 0 Å². The van der Waals surface area contributed by atoms with E-state index in [2.05, 4.69) is 28.3 Å². The van der Waals surface area contributed by atoms with E-state index in [-0.39, 0.29) is 12.1 Å². The van der Waals surface area contributed by atoms with Gasteiger partial charge in [0.1, 0.15) is 5.60 Å². The predicted molar refractivity (Wildman–Crippen MR) is 111 cm³/mol. The van der Waals surface area contributed by atoms with Gasteiger partial charge < -0.3 is 15.4 Å². The van der Waals surface area contributed by atoms with Crippen molar-refractivity contribution in [3.63, 3.8) is 0 Å². The summed E-state index contributed by atoms with van der Waals surface area (Å²) in [5, 5.41) is 6.42. The Balaban J connectivity index is 2.10. The quantitative estimate of drug-likeness (QED) is 0.453. The Bertz CT molecular complexity index is 703. The first-order valence-electron chi connectivity index (χ1n) is 9.42. The van der Waals surface area contributed by atoms with E-state index in [1.807, 2.05) is 44.7 Å². The molecule has 2 rings (SSSR count). The number of hydrogen-bond donors (Lipinski definition) is 2. The average Bonchev–Trinajstić information content (AvgIpc) is 3.40. The second-order valence-corrected chi connectivity index (χ2v) is 7.80. The van der Waals surface area contributed by atoms with Crippen LogP contribution in [0.3, 0.4) is 0 Å². The first-order chi connectivity index (χ1) is 12.7. The number of nitrogens with zero attached hydrogens (tertiary/aromatic N) is 2. The molecule has 1 amide bonds. The van der Waals surface area contributed by atoms with Gasteiger partial charge in [-0.2, -0.15) is 0 Å². The highest BCUT2D eigenvalue weighted by Gasteiger charge is 2.37. The first-order valence-corrected chi connectivity index (χ1v) is 9.42. The van der Waals surface area contributed by atoms with Crippen LogP contribution in [0, 0.1) is 6.92 Å². The Morgan fingerprint density at radius 1 is 1.37 bits per heavy atom. The molecule has 0 aliphatic heterocycles. The van der Waals surface area contributed by atoms with Crippen molar-refractivity contribution in [1.29, 1.82) is 0 Å². The number of rotatable bonds is 6. The van der Waals surface area contributed by atoms with Crippen molar-refractivity contribution in [2.75, 3.05) is 18.5 Å². The van der Waals surface area contributed by atoms with Crippen LogP contribution in [0.2, 0.25) is 0 Å². The van der Waals surface area contributed by atoms with E-state index in [0.717, 1.165) is 35.6 Å². The maximum Gasteiger partial charge on any atom is 0.415 e. The van der Waals surface area contributed by atoms with E-state index in [9.17, 15) is 4.79 Å². The molecule has 1 saturated carbocycles. The predicted octanol–water partition coefficient (Wildman–Crippen LogP) is 3.75. The molecule has 2 N–H and O–H groups in total. The van der Waals surface area contributed by atoms with E-state index in [1.54, 1.807) is 13.1 Å². The maximum absolute atomic E-state index is 12.7. The molecule has 0 atom stereocenters. The molecule has 1 aromatic rings. The number of ether oxygens (including phenoxy) is 1. The largest absolute Gasteiger partial charge is 0.443 e. The fourth-order valence-electron chi connectivity index (χ4n) is 2.76. The topological polar surface area (TPSA) is 66.0 Å². The molecule has 0 aromatic heterocycles. The van der Waals surface area contributed by atoms with Gasteiger partial charge in [-0.3, -0.25) is 9.89 Å². The van der Waals surface area contributed by atoms with Crippen LogP contribution in [0.15, 0.2) is 35.8 Å². The van der Waals surface area contributed by atoms with Gasteiger partial charge in [-0.1, -0.05) is 18.2 Å². The number of amides is 1. The Labute approximate surface area is 162 Å². The summed E-state index contributed by atoms with van der Waals surface area (Å²) < 4.78 is 5.61. The summed E-state index contributed by atoms with van der Waals surface area (Å²) in [6, 6.07) is 6.39. The molecule has 0 bridgehead atoms. The van der Waals surface area contributed by atoms with Gasteiger partial charge in [0.25, 0.3) is 0 Å². The summed E-state index contributed by atoms with van der Waals surface area (Å²) >= 11 is 0. The molecule has 1 aromatic carbocycles. The van der Waals surface area contributed by atoms with Crippen LogP contribution < -0.4 is 15.5 Å². The number of guanidine groups is 1. The molecule has 1 fully saturated rings. The van der Waals surface area contributed by atoms with Gasteiger partial charge in [-0.25, -0.2) is 4.79 Å². The number of carbonyl (C=O) groups is 1. The lowest BCUT2D eigenvalue weighted by atomic mass is 10.1. The zero-order valence-electron chi connectivity index (χ0n) is 17.1. The number of nitrogens with one attached hydrogen (secondary N) is 2. The van der Waals surface area contributed by atoms with Crippen molar-refractivity contribution in [1.82, 2.24) is 10.6 Å². The summed E-state index contributed by atoms with van der Waals surface area (Å²) in [5.41, 5.74) is 2.60. The Morgan fingerprint density at radius 2 is 2.07 bits per heavy atom. The first kappa shape index (κ1) is 20.8. The van der Waals surface area contributed by atoms with E-state index < -0.39 is 5.60 Å². The highest BCUT2D eigenvalue weighted by atomic mass is 16.6. The Kier molecular flexibility index (Phi) is 6.88. The third-order valence-electron chi connectivity index (χ3n) is 4.12. The van der Waals surface area contributed by atoms with Crippen LogP contribution in [0.4, 0.5) is 10.5 Å². The molecular weight excluding hydrogens is 340 g/mol. The molecule has 148 valence electrons. The molecular formula is C21H32N4O2. The van der Waals surface area contributed by atoms with Crippen molar-refractivity contribution in [3.8, 4) is 0 Å². The van der Waals surface area contributed by atoms with Crippen molar-refractivity contribution >= 4 is 17.7 Å². The number of aliphatic imine (C=N–C) groups is 1. The minimum Gasteiger partial charge on any atom is -0.443 e. The third kappa shape index (κ3) is 6.31. The summed E-state index contributed by atoms with van der Waals surface area (Å²) in [7, 11) is 1.74. The Hall–Kier alpha value is -2.50. The van der Waals surface area contributed by atoms with E-state index in [4.69, 9.17) is 4.74 Å². The zero-order valence-corrected chi connectivity index (χ0v) is 17.1. The third-order valence-corrected chi connectivity index (χ3v) is 4.12. The molecule has 0 spiro atoms. The standard InChI is InChI=1S/C21H32N4O2/c1-7-12-23-19(22-6)24-14-16-8-11-18(15(2)13-16)25(17-9-10-17)20(26)27-21(3,4)5/h7-8,11,13,17H,1,9-10,12,14H2,2-6H3,(H2,22,23,24).